The zero-order valence-electron chi connectivity index (χ0n) is 12.2. The van der Waals surface area contributed by atoms with Gasteiger partial charge in [0.15, 0.2) is 16.7 Å². The number of nitrogens with zero attached hydrogens (tertiary/aromatic N) is 4. The van der Waals surface area contributed by atoms with Gasteiger partial charge in [-0.3, -0.25) is 4.98 Å². The Morgan fingerprint density at radius 2 is 2.05 bits per heavy atom. The summed E-state index contributed by atoms with van der Waals surface area (Å²) >= 11 is 1.50. The molecule has 0 saturated heterocycles. The number of imidazole rings is 1. The van der Waals surface area contributed by atoms with Crippen molar-refractivity contribution < 1.29 is 4.74 Å². The lowest BCUT2D eigenvalue weighted by Crippen LogP contribution is -1.97. The molecular weight excluding hydrogens is 298 g/mol. The molecule has 6 nitrogen and oxygen atoms in total. The minimum absolute atomic E-state index is 0.340. The molecule has 3 heterocycles. The molecule has 7 heteroatoms. The van der Waals surface area contributed by atoms with Crippen LogP contribution in [0, 0.1) is 6.92 Å². The molecule has 0 aliphatic rings. The number of nitrogen functional groups attached to an aromatic ring is 1. The summed E-state index contributed by atoms with van der Waals surface area (Å²) in [5.41, 5.74) is 6.70. The summed E-state index contributed by atoms with van der Waals surface area (Å²) in [6, 6.07) is 5.52. The molecule has 3 aromatic heterocycles. The van der Waals surface area contributed by atoms with E-state index in [-0.39, 0.29) is 0 Å². The molecule has 0 aliphatic carbocycles. The van der Waals surface area contributed by atoms with Crippen LogP contribution in [0.5, 0.6) is 11.5 Å². The Morgan fingerprint density at radius 3 is 2.77 bits per heavy atom. The molecule has 0 radical (unpaired) electrons. The Morgan fingerprint density at radius 1 is 1.18 bits per heavy atom. The van der Waals surface area contributed by atoms with Gasteiger partial charge in [-0.05, 0) is 30.8 Å². The van der Waals surface area contributed by atoms with E-state index in [1.165, 1.54) is 11.8 Å². The molecule has 3 rings (SSSR count). The standard InChI is InChI=1S/C15H15N5OS/c1-10-12(4-3-5-17-10)21-13-8-11(9-19-14(13)16)22-15-18-6-7-20(15)2/h3-9H,1-2H3,(H2,16,19). The van der Waals surface area contributed by atoms with Crippen LogP contribution in [-0.4, -0.2) is 19.5 Å². The van der Waals surface area contributed by atoms with Gasteiger partial charge >= 0.3 is 0 Å². The Labute approximate surface area is 132 Å². The van der Waals surface area contributed by atoms with E-state index in [0.717, 1.165) is 15.7 Å². The molecule has 0 bridgehead atoms. The maximum atomic E-state index is 5.90. The van der Waals surface area contributed by atoms with Gasteiger partial charge in [-0.2, -0.15) is 0 Å². The number of pyridine rings is 2. The van der Waals surface area contributed by atoms with Gasteiger partial charge in [-0.25, -0.2) is 9.97 Å². The summed E-state index contributed by atoms with van der Waals surface area (Å²) in [6.45, 7) is 1.88. The van der Waals surface area contributed by atoms with E-state index in [1.807, 2.05) is 42.9 Å². The average molecular weight is 313 g/mol. The van der Waals surface area contributed by atoms with E-state index in [0.29, 0.717) is 17.3 Å². The highest BCUT2D eigenvalue weighted by Gasteiger charge is 2.10. The van der Waals surface area contributed by atoms with Crippen molar-refractivity contribution in [3.8, 4) is 11.5 Å². The first-order valence-electron chi connectivity index (χ1n) is 6.63. The zero-order chi connectivity index (χ0) is 15.5. The van der Waals surface area contributed by atoms with Gasteiger partial charge in [0.1, 0.15) is 5.75 Å². The second kappa shape index (κ2) is 6.07. The van der Waals surface area contributed by atoms with Gasteiger partial charge in [-0.1, -0.05) is 0 Å². The number of aromatic nitrogens is 4. The molecule has 0 spiro atoms. The van der Waals surface area contributed by atoms with Crippen LogP contribution in [-0.2, 0) is 7.05 Å². The first-order valence-corrected chi connectivity index (χ1v) is 7.45. The van der Waals surface area contributed by atoms with Gasteiger partial charge in [0, 0.05) is 42.8 Å². The van der Waals surface area contributed by atoms with Gasteiger partial charge in [0.2, 0.25) is 0 Å². The number of hydrogen-bond donors (Lipinski definition) is 1. The summed E-state index contributed by atoms with van der Waals surface area (Å²) in [5, 5.41) is 0.870. The van der Waals surface area contributed by atoms with Crippen molar-refractivity contribution in [2.45, 2.75) is 17.0 Å². The van der Waals surface area contributed by atoms with Crippen molar-refractivity contribution in [3.63, 3.8) is 0 Å². The highest BCUT2D eigenvalue weighted by molar-refractivity contribution is 7.99. The molecule has 112 valence electrons. The number of ether oxygens (including phenoxy) is 1. The van der Waals surface area contributed by atoms with Crippen LogP contribution < -0.4 is 10.5 Å². The second-order valence-corrected chi connectivity index (χ2v) is 5.71. The summed E-state index contributed by atoms with van der Waals surface area (Å²) in [6.07, 6.45) is 7.07. The quantitative estimate of drug-likeness (QED) is 0.797. The van der Waals surface area contributed by atoms with Gasteiger partial charge in [-0.15, -0.1) is 0 Å². The van der Waals surface area contributed by atoms with Crippen molar-refractivity contribution in [1.82, 2.24) is 19.5 Å². The van der Waals surface area contributed by atoms with Gasteiger partial charge in [0.25, 0.3) is 0 Å². The highest BCUT2D eigenvalue weighted by atomic mass is 32.2. The van der Waals surface area contributed by atoms with Crippen molar-refractivity contribution >= 4 is 17.6 Å². The lowest BCUT2D eigenvalue weighted by Gasteiger charge is -2.10. The van der Waals surface area contributed by atoms with Crippen LogP contribution in [0.15, 0.2) is 53.0 Å². The van der Waals surface area contributed by atoms with Crippen molar-refractivity contribution in [3.05, 3.63) is 48.7 Å². The lowest BCUT2D eigenvalue weighted by molar-refractivity contribution is 0.474. The van der Waals surface area contributed by atoms with Gasteiger partial charge in [0.05, 0.1) is 5.69 Å². The summed E-state index contributed by atoms with van der Waals surface area (Å²) in [5.74, 6) is 1.51. The minimum Gasteiger partial charge on any atom is -0.452 e. The normalized spacial score (nSPS) is 10.6. The molecule has 3 aromatic rings. The van der Waals surface area contributed by atoms with Crippen LogP contribution in [0.3, 0.4) is 0 Å². The molecule has 0 fully saturated rings. The fourth-order valence-corrected chi connectivity index (χ4v) is 2.63. The van der Waals surface area contributed by atoms with E-state index in [1.54, 1.807) is 18.6 Å². The predicted octanol–water partition coefficient (Wildman–Crippen LogP) is 3.04. The van der Waals surface area contributed by atoms with Crippen LogP contribution in [0.25, 0.3) is 0 Å². The van der Waals surface area contributed by atoms with E-state index in [9.17, 15) is 0 Å². The predicted molar refractivity (Wildman–Crippen MR) is 85.0 cm³/mol. The van der Waals surface area contributed by atoms with E-state index < -0.39 is 0 Å². The molecule has 0 atom stereocenters. The molecule has 0 aromatic carbocycles. The number of anilines is 1. The van der Waals surface area contributed by atoms with Crippen LogP contribution in [0.2, 0.25) is 0 Å². The largest absolute Gasteiger partial charge is 0.452 e. The summed E-state index contributed by atoms with van der Waals surface area (Å²) in [4.78, 5) is 13.6. The third-order valence-electron chi connectivity index (χ3n) is 3.02. The third-order valence-corrected chi connectivity index (χ3v) is 4.06. The smallest absolute Gasteiger partial charge is 0.172 e. The van der Waals surface area contributed by atoms with Gasteiger partial charge < -0.3 is 15.0 Å². The van der Waals surface area contributed by atoms with Crippen molar-refractivity contribution in [2.24, 2.45) is 7.05 Å². The number of aryl methyl sites for hydroxylation is 2. The second-order valence-electron chi connectivity index (χ2n) is 4.67. The molecule has 2 N–H and O–H groups in total. The van der Waals surface area contributed by atoms with Crippen LogP contribution >= 0.6 is 11.8 Å². The fraction of sp³-hybridized carbons (Fsp3) is 0.133. The maximum Gasteiger partial charge on any atom is 0.172 e. The molecule has 0 unspecified atom stereocenters. The van der Waals surface area contributed by atoms with Crippen molar-refractivity contribution in [2.75, 3.05) is 5.73 Å². The van der Waals surface area contributed by atoms with E-state index in [4.69, 9.17) is 10.5 Å². The van der Waals surface area contributed by atoms with E-state index in [2.05, 4.69) is 15.0 Å². The molecule has 0 amide bonds. The summed E-state index contributed by atoms with van der Waals surface area (Å²) in [7, 11) is 1.94. The Balaban J connectivity index is 1.87. The Bertz CT molecular complexity index is 802. The Hall–Kier alpha value is -2.54. The first kappa shape index (κ1) is 14.4. The molecule has 0 saturated carbocycles. The van der Waals surface area contributed by atoms with E-state index >= 15 is 0 Å². The highest BCUT2D eigenvalue weighted by Crippen LogP contribution is 2.33. The Kier molecular flexibility index (Phi) is 3.97. The molecule has 22 heavy (non-hydrogen) atoms. The third kappa shape index (κ3) is 3.04. The zero-order valence-corrected chi connectivity index (χ0v) is 13.0. The number of hydrogen-bond acceptors (Lipinski definition) is 6. The molecular formula is C15H15N5OS. The van der Waals surface area contributed by atoms with Crippen molar-refractivity contribution in [1.29, 1.82) is 0 Å². The lowest BCUT2D eigenvalue weighted by atomic mass is 10.3. The fourth-order valence-electron chi connectivity index (χ4n) is 1.83. The number of nitrogens with two attached hydrogens (primary N) is 1. The maximum absolute atomic E-state index is 5.90. The summed E-state index contributed by atoms with van der Waals surface area (Å²) < 4.78 is 7.78. The SMILES string of the molecule is Cc1ncccc1Oc1cc(Sc2nccn2C)cnc1N. The minimum atomic E-state index is 0.340. The van der Waals surface area contributed by atoms with Crippen LogP contribution in [0.1, 0.15) is 5.69 Å². The first-order chi connectivity index (χ1) is 10.6. The monoisotopic (exact) mass is 313 g/mol. The van der Waals surface area contributed by atoms with Crippen LogP contribution in [0.4, 0.5) is 5.82 Å². The number of rotatable bonds is 4. The topological polar surface area (TPSA) is 78.9 Å². The molecule has 0 aliphatic heterocycles. The average Bonchev–Trinajstić information content (AvgIpc) is 2.90.